The number of aromatic nitrogens is 3. The van der Waals surface area contributed by atoms with Crippen molar-refractivity contribution in [1.29, 1.82) is 0 Å². The number of hydrogen-bond acceptors (Lipinski definition) is 4. The minimum Gasteiger partial charge on any atom is -0.349 e. The molecule has 1 N–H and O–H groups in total. The average molecular weight is 344 g/mol. The highest BCUT2D eigenvalue weighted by molar-refractivity contribution is 5.90. The molecule has 0 radical (unpaired) electrons. The molecule has 0 bridgehead atoms. The molecule has 3 rings (SSSR count). The van der Waals surface area contributed by atoms with Gasteiger partial charge >= 0.3 is 6.03 Å². The normalized spacial score (nSPS) is 17.3. The molecule has 0 spiro atoms. The third-order valence-electron chi connectivity index (χ3n) is 4.46. The van der Waals surface area contributed by atoms with E-state index in [-0.39, 0.29) is 23.8 Å². The largest absolute Gasteiger partial charge is 0.349 e. The molecule has 1 atom stereocenters. The molecule has 134 valence electrons. The van der Waals surface area contributed by atoms with E-state index >= 15 is 0 Å². The fraction of sp³-hybridized carbons (Fsp3) is 0.529. The van der Waals surface area contributed by atoms with Gasteiger partial charge in [-0.15, -0.1) is 10.2 Å². The molecule has 3 amide bonds. The number of anilines is 1. The second kappa shape index (κ2) is 6.70. The smallest absolute Gasteiger partial charge is 0.321 e. The number of pyridine rings is 1. The van der Waals surface area contributed by atoms with Crippen LogP contribution in [-0.4, -0.2) is 63.5 Å². The van der Waals surface area contributed by atoms with Gasteiger partial charge < -0.3 is 15.1 Å². The maximum absolute atomic E-state index is 12.5. The molecule has 3 heterocycles. The Labute approximate surface area is 146 Å². The zero-order valence-electron chi connectivity index (χ0n) is 15.1. The van der Waals surface area contributed by atoms with Crippen molar-refractivity contribution in [1.82, 2.24) is 24.4 Å². The van der Waals surface area contributed by atoms with Crippen LogP contribution < -0.4 is 5.32 Å². The second-order valence-electron chi connectivity index (χ2n) is 6.95. The molecule has 1 aliphatic rings. The Morgan fingerprint density at radius 2 is 2.04 bits per heavy atom. The third kappa shape index (κ3) is 3.42. The third-order valence-corrected chi connectivity index (χ3v) is 4.46. The Balaban J connectivity index is 1.70. The van der Waals surface area contributed by atoms with Gasteiger partial charge in [0, 0.05) is 39.3 Å². The Kier molecular flexibility index (Phi) is 4.61. The number of nitrogens with zero attached hydrogens (tertiary/aromatic N) is 5. The fourth-order valence-corrected chi connectivity index (χ4v) is 3.09. The molecule has 8 nitrogen and oxygen atoms in total. The summed E-state index contributed by atoms with van der Waals surface area (Å²) in [6.45, 7) is 5.14. The summed E-state index contributed by atoms with van der Waals surface area (Å²) in [5, 5.41) is 11.2. The number of likely N-dealkylation sites (tertiary alicyclic amines) is 1. The van der Waals surface area contributed by atoms with Crippen LogP contribution in [0.1, 0.15) is 32.0 Å². The van der Waals surface area contributed by atoms with Gasteiger partial charge in [-0.1, -0.05) is 13.8 Å². The molecule has 2 aromatic heterocycles. The molecule has 1 unspecified atom stereocenters. The first-order chi connectivity index (χ1) is 11.9. The van der Waals surface area contributed by atoms with Gasteiger partial charge in [0.25, 0.3) is 0 Å². The van der Waals surface area contributed by atoms with Crippen LogP contribution in [0.2, 0.25) is 0 Å². The number of fused-ring (bicyclic) bond motifs is 1. The summed E-state index contributed by atoms with van der Waals surface area (Å²) in [5.41, 5.74) is 1.43. The number of rotatable bonds is 3. The van der Waals surface area contributed by atoms with E-state index in [4.69, 9.17) is 0 Å². The van der Waals surface area contributed by atoms with Crippen molar-refractivity contribution < 1.29 is 9.59 Å². The maximum atomic E-state index is 12.5. The average Bonchev–Trinajstić information content (AvgIpc) is 3.20. The molecule has 1 fully saturated rings. The summed E-state index contributed by atoms with van der Waals surface area (Å²) in [6, 6.07) is 3.45. The van der Waals surface area contributed by atoms with Crippen LogP contribution in [0.5, 0.6) is 0 Å². The van der Waals surface area contributed by atoms with Crippen molar-refractivity contribution in [3.63, 3.8) is 0 Å². The van der Waals surface area contributed by atoms with Crippen molar-refractivity contribution in [3.8, 4) is 0 Å². The van der Waals surface area contributed by atoms with Crippen molar-refractivity contribution in [3.05, 3.63) is 24.2 Å². The highest BCUT2D eigenvalue weighted by Crippen LogP contribution is 2.20. The van der Waals surface area contributed by atoms with E-state index in [2.05, 4.69) is 15.5 Å². The minimum atomic E-state index is -0.187. The number of nitrogens with one attached hydrogen (secondary N) is 1. The van der Waals surface area contributed by atoms with Gasteiger partial charge in [0.2, 0.25) is 5.91 Å². The zero-order valence-corrected chi connectivity index (χ0v) is 15.1. The van der Waals surface area contributed by atoms with Crippen LogP contribution in [0.4, 0.5) is 10.5 Å². The number of amides is 3. The van der Waals surface area contributed by atoms with E-state index in [1.165, 1.54) is 0 Å². The van der Waals surface area contributed by atoms with Crippen LogP contribution in [0, 0.1) is 5.92 Å². The fourth-order valence-electron chi connectivity index (χ4n) is 3.09. The molecular weight excluding hydrogens is 320 g/mol. The lowest BCUT2D eigenvalue weighted by atomic mass is 10.1. The highest BCUT2D eigenvalue weighted by atomic mass is 16.2. The Bertz CT molecular complexity index is 798. The first kappa shape index (κ1) is 17.2. The molecule has 0 aliphatic carbocycles. The van der Waals surface area contributed by atoms with Gasteiger partial charge in [0.15, 0.2) is 5.65 Å². The van der Waals surface area contributed by atoms with Gasteiger partial charge in [0.1, 0.15) is 5.82 Å². The number of carbonyl (C=O) groups is 2. The Morgan fingerprint density at radius 3 is 2.72 bits per heavy atom. The lowest BCUT2D eigenvalue weighted by Crippen LogP contribution is -2.36. The van der Waals surface area contributed by atoms with Crippen LogP contribution in [-0.2, 0) is 4.79 Å². The van der Waals surface area contributed by atoms with Crippen molar-refractivity contribution in [2.75, 3.05) is 32.5 Å². The molecule has 25 heavy (non-hydrogen) atoms. The Hall–Kier alpha value is -2.64. The Morgan fingerprint density at radius 1 is 1.28 bits per heavy atom. The van der Waals surface area contributed by atoms with Gasteiger partial charge in [-0.05, 0) is 18.6 Å². The molecule has 8 heteroatoms. The molecule has 1 saturated heterocycles. The van der Waals surface area contributed by atoms with Crippen LogP contribution in [0.25, 0.3) is 5.65 Å². The molecular formula is C17H24N6O2. The van der Waals surface area contributed by atoms with E-state index in [0.29, 0.717) is 25.2 Å². The molecule has 0 aromatic carbocycles. The maximum Gasteiger partial charge on any atom is 0.321 e. The number of carbonyl (C=O) groups excluding carboxylic acids is 2. The van der Waals surface area contributed by atoms with Gasteiger partial charge in [-0.25, -0.2) is 4.79 Å². The van der Waals surface area contributed by atoms with E-state index in [9.17, 15) is 9.59 Å². The number of hydrogen-bond donors (Lipinski definition) is 1. The molecule has 0 saturated carbocycles. The molecule has 2 aromatic rings. The van der Waals surface area contributed by atoms with Gasteiger partial charge in [-0.3, -0.25) is 9.20 Å². The van der Waals surface area contributed by atoms with Crippen LogP contribution in [0.3, 0.4) is 0 Å². The lowest BCUT2D eigenvalue weighted by molar-refractivity contribution is -0.132. The predicted octanol–water partition coefficient (Wildman–Crippen LogP) is 1.79. The monoisotopic (exact) mass is 344 g/mol. The van der Waals surface area contributed by atoms with Gasteiger partial charge in [0.05, 0.1) is 11.6 Å². The SMILES string of the molecule is CC(C)c1nnc2ccc(NC(=O)N3CCC(C(=O)N(C)C)C3)cn12. The number of urea groups is 1. The van der Waals surface area contributed by atoms with E-state index in [1.807, 2.05) is 36.6 Å². The van der Waals surface area contributed by atoms with E-state index in [1.54, 1.807) is 23.9 Å². The lowest BCUT2D eigenvalue weighted by Gasteiger charge is -2.19. The summed E-state index contributed by atoms with van der Waals surface area (Å²) in [6.07, 6.45) is 2.54. The summed E-state index contributed by atoms with van der Waals surface area (Å²) in [5.74, 6) is 1.04. The zero-order chi connectivity index (χ0) is 18.1. The molecule has 1 aliphatic heterocycles. The van der Waals surface area contributed by atoms with Crippen molar-refractivity contribution in [2.24, 2.45) is 5.92 Å². The quantitative estimate of drug-likeness (QED) is 0.920. The van der Waals surface area contributed by atoms with Crippen LogP contribution >= 0.6 is 0 Å². The standard InChI is InChI=1S/C17H24N6O2/c1-11(2)15-20-19-14-6-5-13(10-23(14)15)18-17(25)22-8-7-12(9-22)16(24)21(3)4/h5-6,10-12H,7-9H2,1-4H3,(H,18,25). The summed E-state index contributed by atoms with van der Waals surface area (Å²) in [4.78, 5) is 27.8. The predicted molar refractivity (Wildman–Crippen MR) is 94.5 cm³/mol. The minimum absolute atomic E-state index is 0.0720. The summed E-state index contributed by atoms with van der Waals surface area (Å²) in [7, 11) is 3.48. The van der Waals surface area contributed by atoms with Crippen molar-refractivity contribution in [2.45, 2.75) is 26.2 Å². The van der Waals surface area contributed by atoms with E-state index < -0.39 is 0 Å². The topological polar surface area (TPSA) is 82.8 Å². The van der Waals surface area contributed by atoms with Crippen LogP contribution in [0.15, 0.2) is 18.3 Å². The first-order valence-corrected chi connectivity index (χ1v) is 8.48. The first-order valence-electron chi connectivity index (χ1n) is 8.48. The second-order valence-corrected chi connectivity index (χ2v) is 6.95. The summed E-state index contributed by atoms with van der Waals surface area (Å²) >= 11 is 0. The summed E-state index contributed by atoms with van der Waals surface area (Å²) < 4.78 is 1.89. The van der Waals surface area contributed by atoms with Crippen molar-refractivity contribution >= 4 is 23.3 Å². The van der Waals surface area contributed by atoms with Gasteiger partial charge in [-0.2, -0.15) is 0 Å². The highest BCUT2D eigenvalue weighted by Gasteiger charge is 2.31. The van der Waals surface area contributed by atoms with E-state index in [0.717, 1.165) is 11.5 Å².